The van der Waals surface area contributed by atoms with Crippen molar-refractivity contribution in [2.75, 3.05) is 12.0 Å². The summed E-state index contributed by atoms with van der Waals surface area (Å²) in [5, 5.41) is 4.45. The molecular weight excluding hydrogens is 266 g/mol. The third-order valence-corrected chi connectivity index (χ3v) is 4.51. The monoisotopic (exact) mass is 285 g/mol. The van der Waals surface area contributed by atoms with Gasteiger partial charge in [0.1, 0.15) is 0 Å². The largest absolute Gasteiger partial charge is 0.311 e. The fraction of sp³-hybridized carbons (Fsp3) is 0.571. The van der Waals surface area contributed by atoms with Crippen molar-refractivity contribution in [1.29, 1.82) is 0 Å². The van der Waals surface area contributed by atoms with E-state index in [0.717, 1.165) is 30.0 Å². The first-order chi connectivity index (χ1) is 8.54. The van der Waals surface area contributed by atoms with E-state index in [2.05, 4.69) is 24.4 Å². The Morgan fingerprint density at radius 1 is 1.44 bits per heavy atom. The van der Waals surface area contributed by atoms with Crippen molar-refractivity contribution >= 4 is 22.4 Å². The lowest BCUT2D eigenvalue weighted by Crippen LogP contribution is -2.37. The molecule has 100 valence electrons. The van der Waals surface area contributed by atoms with Crippen LogP contribution >= 0.6 is 11.6 Å². The molecule has 1 aliphatic rings. The lowest BCUT2D eigenvalue weighted by atomic mass is 10.1. The molecule has 0 heterocycles. The highest BCUT2D eigenvalue weighted by Crippen LogP contribution is 2.25. The van der Waals surface area contributed by atoms with Gasteiger partial charge in [-0.3, -0.25) is 4.21 Å². The van der Waals surface area contributed by atoms with Crippen LogP contribution in [0, 0.1) is 0 Å². The Morgan fingerprint density at radius 2 is 2.17 bits per heavy atom. The van der Waals surface area contributed by atoms with Crippen LogP contribution < -0.4 is 5.32 Å². The lowest BCUT2D eigenvalue weighted by Gasteiger charge is -2.18. The van der Waals surface area contributed by atoms with Gasteiger partial charge in [-0.15, -0.1) is 0 Å². The summed E-state index contributed by atoms with van der Waals surface area (Å²) < 4.78 is 11.1. The van der Waals surface area contributed by atoms with Crippen molar-refractivity contribution in [3.63, 3.8) is 0 Å². The minimum Gasteiger partial charge on any atom is -0.311 e. The van der Waals surface area contributed by atoms with Gasteiger partial charge in [0.2, 0.25) is 0 Å². The molecule has 2 nitrogen and oxygen atoms in total. The normalized spacial score (nSPS) is 21.6. The highest BCUT2D eigenvalue weighted by atomic mass is 35.5. The molecule has 18 heavy (non-hydrogen) atoms. The van der Waals surface area contributed by atoms with E-state index in [1.807, 2.05) is 6.07 Å². The minimum absolute atomic E-state index is 0.420. The second kappa shape index (κ2) is 6.18. The van der Waals surface area contributed by atoms with Gasteiger partial charge in [0, 0.05) is 39.9 Å². The molecule has 0 radical (unpaired) electrons. The maximum atomic E-state index is 11.1. The van der Waals surface area contributed by atoms with E-state index >= 15 is 0 Å². The van der Waals surface area contributed by atoms with E-state index in [9.17, 15) is 4.21 Å². The van der Waals surface area contributed by atoms with Crippen molar-refractivity contribution in [2.24, 2.45) is 0 Å². The van der Waals surface area contributed by atoms with Crippen molar-refractivity contribution < 1.29 is 4.21 Å². The van der Waals surface area contributed by atoms with Gasteiger partial charge in [-0.2, -0.15) is 0 Å². The molecule has 1 aromatic rings. The van der Waals surface area contributed by atoms with E-state index in [4.69, 9.17) is 11.6 Å². The molecule has 0 aliphatic heterocycles. The first-order valence-corrected chi connectivity index (χ1v) is 8.48. The van der Waals surface area contributed by atoms with E-state index in [1.54, 1.807) is 6.26 Å². The zero-order chi connectivity index (χ0) is 13.1. The first-order valence-electron chi connectivity index (χ1n) is 6.38. The number of halogens is 1. The highest BCUT2D eigenvalue weighted by Gasteiger charge is 2.22. The van der Waals surface area contributed by atoms with Gasteiger partial charge in [-0.05, 0) is 49.4 Å². The predicted molar refractivity (Wildman–Crippen MR) is 78.8 cm³/mol. The number of nitrogens with one attached hydrogen (secondary N) is 1. The molecule has 1 aliphatic carbocycles. The summed E-state index contributed by atoms with van der Waals surface area (Å²) in [7, 11) is -0.690. The van der Waals surface area contributed by atoms with Crippen LogP contribution in [0.3, 0.4) is 0 Å². The Morgan fingerprint density at radius 3 is 2.89 bits per heavy atom. The van der Waals surface area contributed by atoms with E-state index < -0.39 is 10.8 Å². The van der Waals surface area contributed by atoms with Crippen molar-refractivity contribution in [3.8, 4) is 0 Å². The third-order valence-electron chi connectivity index (χ3n) is 3.46. The molecular formula is C14H20ClNOS. The van der Waals surface area contributed by atoms with Gasteiger partial charge >= 0.3 is 0 Å². The highest BCUT2D eigenvalue weighted by molar-refractivity contribution is 7.84. The van der Waals surface area contributed by atoms with Crippen LogP contribution in [0.5, 0.6) is 0 Å². The van der Waals surface area contributed by atoms with Gasteiger partial charge in [0.05, 0.1) is 0 Å². The summed E-state index contributed by atoms with van der Waals surface area (Å²) in [5.41, 5.74) is 2.77. The Bertz CT molecular complexity index is 449. The summed E-state index contributed by atoms with van der Waals surface area (Å²) >= 11 is 6.01. The van der Waals surface area contributed by atoms with Gasteiger partial charge in [-0.1, -0.05) is 17.7 Å². The second-order valence-corrected chi connectivity index (χ2v) is 7.14. The maximum absolute atomic E-state index is 11.1. The van der Waals surface area contributed by atoms with Crippen LogP contribution in [0.1, 0.15) is 24.5 Å². The van der Waals surface area contributed by atoms with E-state index in [1.165, 1.54) is 11.1 Å². The Balaban J connectivity index is 1.85. The molecule has 0 saturated heterocycles. The maximum Gasteiger partial charge on any atom is 0.0408 e. The molecule has 0 saturated carbocycles. The molecule has 0 aromatic heterocycles. The zero-order valence-electron chi connectivity index (χ0n) is 10.9. The molecule has 1 N–H and O–H groups in total. The lowest BCUT2D eigenvalue weighted by molar-refractivity contribution is 0.448. The molecule has 0 bridgehead atoms. The van der Waals surface area contributed by atoms with Crippen LogP contribution in [0.2, 0.25) is 5.02 Å². The number of benzene rings is 1. The van der Waals surface area contributed by atoms with E-state index in [0.29, 0.717) is 12.1 Å². The molecule has 3 unspecified atom stereocenters. The fourth-order valence-electron chi connectivity index (χ4n) is 2.53. The van der Waals surface area contributed by atoms with Crippen LogP contribution in [-0.2, 0) is 23.6 Å². The summed E-state index contributed by atoms with van der Waals surface area (Å²) in [5.74, 6) is 0.777. The standard InChI is InChI=1S/C14H20ClNOS/c1-10(5-6-18(2)17)16-14-8-11-3-4-13(15)7-12(11)9-14/h3-4,7,10,14,16H,5-6,8-9H2,1-2H3. The number of hydrogen-bond acceptors (Lipinski definition) is 2. The zero-order valence-corrected chi connectivity index (χ0v) is 12.5. The Labute approximate surface area is 117 Å². The van der Waals surface area contributed by atoms with Gasteiger partial charge < -0.3 is 5.32 Å². The summed E-state index contributed by atoms with van der Waals surface area (Å²) in [6, 6.07) is 7.09. The third kappa shape index (κ3) is 3.81. The molecule has 0 fully saturated rings. The fourth-order valence-corrected chi connectivity index (χ4v) is 3.41. The molecule has 0 spiro atoms. The topological polar surface area (TPSA) is 29.1 Å². The van der Waals surface area contributed by atoms with Crippen LogP contribution in [0.15, 0.2) is 18.2 Å². The van der Waals surface area contributed by atoms with Crippen LogP contribution in [-0.4, -0.2) is 28.3 Å². The smallest absolute Gasteiger partial charge is 0.0408 e. The SMILES string of the molecule is CC(CCS(C)=O)NC1Cc2ccc(Cl)cc2C1. The number of fused-ring (bicyclic) bond motifs is 1. The molecule has 2 rings (SSSR count). The molecule has 1 aromatic carbocycles. The Kier molecular flexibility index (Phi) is 4.82. The molecule has 3 atom stereocenters. The van der Waals surface area contributed by atoms with Gasteiger partial charge in [0.15, 0.2) is 0 Å². The van der Waals surface area contributed by atoms with Crippen molar-refractivity contribution in [1.82, 2.24) is 5.32 Å². The summed E-state index contributed by atoms with van der Waals surface area (Å²) in [6.45, 7) is 2.17. The van der Waals surface area contributed by atoms with Gasteiger partial charge in [0.25, 0.3) is 0 Å². The predicted octanol–water partition coefficient (Wildman–Crippen LogP) is 2.55. The summed E-state index contributed by atoms with van der Waals surface area (Å²) in [4.78, 5) is 0. The second-order valence-electron chi connectivity index (χ2n) is 5.15. The quantitative estimate of drug-likeness (QED) is 0.901. The minimum atomic E-state index is -0.690. The number of hydrogen-bond donors (Lipinski definition) is 1. The molecule has 4 heteroatoms. The average Bonchev–Trinajstić information content (AvgIpc) is 2.67. The number of rotatable bonds is 5. The summed E-state index contributed by atoms with van der Waals surface area (Å²) in [6.07, 6.45) is 4.86. The molecule has 0 amide bonds. The Hall–Kier alpha value is -0.380. The van der Waals surface area contributed by atoms with Crippen LogP contribution in [0.25, 0.3) is 0 Å². The van der Waals surface area contributed by atoms with Crippen molar-refractivity contribution in [3.05, 3.63) is 34.3 Å². The van der Waals surface area contributed by atoms with Gasteiger partial charge in [-0.25, -0.2) is 0 Å². The van der Waals surface area contributed by atoms with Crippen LogP contribution in [0.4, 0.5) is 0 Å². The van der Waals surface area contributed by atoms with E-state index in [-0.39, 0.29) is 0 Å². The van der Waals surface area contributed by atoms with Crippen molar-refractivity contribution in [2.45, 2.75) is 38.3 Å². The average molecular weight is 286 g/mol. The first kappa shape index (κ1) is 14.0.